The van der Waals surface area contributed by atoms with Gasteiger partial charge in [0.1, 0.15) is 0 Å². The van der Waals surface area contributed by atoms with Crippen molar-refractivity contribution >= 4 is 40.3 Å². The molecule has 0 atom stereocenters. The molecule has 267 valence electrons. The third kappa shape index (κ3) is 7.32. The van der Waals surface area contributed by atoms with Crippen LogP contribution < -0.4 is 4.90 Å². The second-order valence-corrected chi connectivity index (χ2v) is 17.2. The summed E-state index contributed by atoms with van der Waals surface area (Å²) in [6.45, 7) is 27.7. The standard InChI is InChI=1S/C50H54BN2/c1-32(22-23-37-17-15-20-42-41-19-13-14-21-45(41)52-48(37)42)28-47-35(4)51-44(31-43-33(2)29-38-16-11-12-18-40(38)43)36(5)53(47)46-25-24-39(30-34(46)3)50(9,10)27-26-49(6,7)8/h11-22,24-25,28,30-31,52H,2,4,23,26-27,29H2,1,3,5-10H3/b32-22-,43-31+,47-28+. The molecule has 1 N–H and O–H groups in total. The number of nitrogens with one attached hydrogen (secondary N) is 1. The number of para-hydroxylation sites is 2. The lowest BCUT2D eigenvalue weighted by atomic mass is 9.58. The first-order valence-corrected chi connectivity index (χ1v) is 19.2. The molecule has 4 aromatic carbocycles. The SMILES string of the molecule is C=C1Cc2ccccc2/C1=C/C1=C(C)N(c2ccc(C(C)(C)CCC(C)(C)C)cc2C)/C(=C/C(C)=C\Cc2cccc3c2[nH]c2ccccc23)C(=C)[B]1. The zero-order valence-corrected chi connectivity index (χ0v) is 33.1. The molecule has 0 saturated heterocycles. The van der Waals surface area contributed by atoms with Crippen LogP contribution in [0.25, 0.3) is 27.4 Å². The number of anilines is 1. The van der Waals surface area contributed by atoms with Gasteiger partial charge in [-0.1, -0.05) is 143 Å². The van der Waals surface area contributed by atoms with Gasteiger partial charge in [0.15, 0.2) is 7.28 Å². The third-order valence-corrected chi connectivity index (χ3v) is 11.4. The fraction of sp³-hybridized carbons (Fsp3) is 0.280. The highest BCUT2D eigenvalue weighted by Crippen LogP contribution is 2.42. The molecule has 0 saturated carbocycles. The summed E-state index contributed by atoms with van der Waals surface area (Å²) < 4.78 is 0. The van der Waals surface area contributed by atoms with E-state index in [2.05, 4.69) is 189 Å². The van der Waals surface area contributed by atoms with Crippen LogP contribution in [0, 0.1) is 12.3 Å². The van der Waals surface area contributed by atoms with Gasteiger partial charge in [0.25, 0.3) is 0 Å². The van der Waals surface area contributed by atoms with Crippen LogP contribution in [0.2, 0.25) is 0 Å². The molecule has 53 heavy (non-hydrogen) atoms. The summed E-state index contributed by atoms with van der Waals surface area (Å²) in [6, 6.07) is 31.0. The molecule has 0 spiro atoms. The Morgan fingerprint density at radius 1 is 0.868 bits per heavy atom. The Morgan fingerprint density at radius 2 is 1.60 bits per heavy atom. The number of aromatic nitrogens is 1. The molecule has 0 bridgehead atoms. The van der Waals surface area contributed by atoms with E-state index < -0.39 is 0 Å². The Kier molecular flexibility index (Phi) is 9.66. The van der Waals surface area contributed by atoms with Crippen molar-refractivity contribution in [1.29, 1.82) is 0 Å². The Labute approximate surface area is 318 Å². The fourth-order valence-electron chi connectivity index (χ4n) is 8.03. The minimum absolute atomic E-state index is 0.0817. The summed E-state index contributed by atoms with van der Waals surface area (Å²) >= 11 is 0. The zero-order valence-electron chi connectivity index (χ0n) is 33.1. The van der Waals surface area contributed by atoms with E-state index in [1.165, 1.54) is 89.6 Å². The largest absolute Gasteiger partial charge is 0.354 e. The predicted molar refractivity (Wildman–Crippen MR) is 232 cm³/mol. The van der Waals surface area contributed by atoms with Crippen LogP contribution in [0.4, 0.5) is 5.69 Å². The topological polar surface area (TPSA) is 19.0 Å². The van der Waals surface area contributed by atoms with Gasteiger partial charge in [-0.05, 0) is 114 Å². The smallest absolute Gasteiger partial charge is 0.195 e. The third-order valence-electron chi connectivity index (χ3n) is 11.4. The lowest BCUT2D eigenvalue weighted by Gasteiger charge is -2.37. The van der Waals surface area contributed by atoms with E-state index in [-0.39, 0.29) is 5.41 Å². The summed E-state index contributed by atoms with van der Waals surface area (Å²) in [7, 11) is 2.26. The molecule has 2 heterocycles. The first-order chi connectivity index (χ1) is 25.2. The number of hydrogen-bond donors (Lipinski definition) is 1. The van der Waals surface area contributed by atoms with Crippen molar-refractivity contribution in [2.75, 3.05) is 4.90 Å². The number of fused-ring (bicyclic) bond motifs is 4. The highest BCUT2D eigenvalue weighted by Gasteiger charge is 2.30. The molecule has 1 aromatic heterocycles. The molecule has 0 unspecified atom stereocenters. The van der Waals surface area contributed by atoms with Gasteiger partial charge >= 0.3 is 0 Å². The lowest BCUT2D eigenvalue weighted by Crippen LogP contribution is -2.31. The van der Waals surface area contributed by atoms with E-state index in [0.717, 1.165) is 30.4 Å². The summed E-state index contributed by atoms with van der Waals surface area (Å²) in [4.78, 5) is 6.12. The van der Waals surface area contributed by atoms with Gasteiger partial charge in [-0.2, -0.15) is 0 Å². The van der Waals surface area contributed by atoms with Gasteiger partial charge in [0.05, 0.1) is 5.52 Å². The number of aromatic amines is 1. The second kappa shape index (κ2) is 14.1. The van der Waals surface area contributed by atoms with Crippen LogP contribution in [0.15, 0.2) is 150 Å². The van der Waals surface area contributed by atoms with Crippen LogP contribution in [0.3, 0.4) is 0 Å². The number of nitrogens with zero attached hydrogens (tertiary/aromatic N) is 1. The van der Waals surface area contributed by atoms with Crippen molar-refractivity contribution in [3.05, 3.63) is 178 Å². The molecule has 7 rings (SSSR count). The van der Waals surface area contributed by atoms with Crippen LogP contribution in [-0.2, 0) is 18.3 Å². The van der Waals surface area contributed by atoms with E-state index >= 15 is 0 Å². The van der Waals surface area contributed by atoms with E-state index in [0.29, 0.717) is 5.41 Å². The van der Waals surface area contributed by atoms with Crippen molar-refractivity contribution in [3.8, 4) is 0 Å². The van der Waals surface area contributed by atoms with Crippen molar-refractivity contribution in [2.45, 2.75) is 86.5 Å². The molecule has 2 aliphatic rings. The lowest BCUT2D eigenvalue weighted by molar-refractivity contribution is 0.315. The average molecular weight is 694 g/mol. The van der Waals surface area contributed by atoms with Crippen molar-refractivity contribution < 1.29 is 0 Å². The number of hydrogen-bond acceptors (Lipinski definition) is 1. The van der Waals surface area contributed by atoms with Crippen molar-refractivity contribution in [2.24, 2.45) is 5.41 Å². The highest BCUT2D eigenvalue weighted by molar-refractivity contribution is 6.57. The maximum absolute atomic E-state index is 4.68. The highest BCUT2D eigenvalue weighted by atomic mass is 15.2. The van der Waals surface area contributed by atoms with Crippen LogP contribution in [0.1, 0.15) is 89.1 Å². The first-order valence-electron chi connectivity index (χ1n) is 19.2. The molecular weight excluding hydrogens is 639 g/mol. The van der Waals surface area contributed by atoms with Crippen LogP contribution >= 0.6 is 0 Å². The summed E-state index contributed by atoms with van der Waals surface area (Å²) in [5.74, 6) is 0. The number of benzene rings is 4. The quantitative estimate of drug-likeness (QED) is 0.160. The van der Waals surface area contributed by atoms with Crippen LogP contribution in [-0.4, -0.2) is 12.3 Å². The minimum atomic E-state index is 0.0817. The predicted octanol–water partition coefficient (Wildman–Crippen LogP) is 13.3. The normalized spacial score (nSPS) is 17.1. The van der Waals surface area contributed by atoms with E-state index in [9.17, 15) is 0 Å². The van der Waals surface area contributed by atoms with Crippen molar-refractivity contribution in [3.63, 3.8) is 0 Å². The maximum Gasteiger partial charge on any atom is 0.195 e. The number of allylic oxidation sites excluding steroid dienone is 9. The van der Waals surface area contributed by atoms with Gasteiger partial charge in [0, 0.05) is 33.4 Å². The second-order valence-electron chi connectivity index (χ2n) is 17.2. The number of rotatable bonds is 8. The maximum atomic E-state index is 4.68. The molecule has 1 radical (unpaired) electrons. The summed E-state index contributed by atoms with van der Waals surface area (Å²) in [5.41, 5.74) is 18.6. The zero-order chi connectivity index (χ0) is 37.7. The molecule has 2 nitrogen and oxygen atoms in total. The van der Waals surface area contributed by atoms with Gasteiger partial charge in [-0.15, -0.1) is 6.58 Å². The van der Waals surface area contributed by atoms with Gasteiger partial charge < -0.3 is 9.88 Å². The average Bonchev–Trinajstić information content (AvgIpc) is 3.66. The van der Waals surface area contributed by atoms with Gasteiger partial charge in [-0.3, -0.25) is 0 Å². The summed E-state index contributed by atoms with van der Waals surface area (Å²) in [6.07, 6.45) is 11.1. The first kappa shape index (κ1) is 36.3. The Hall–Kier alpha value is -5.02. The minimum Gasteiger partial charge on any atom is -0.354 e. The molecule has 1 aliphatic carbocycles. The van der Waals surface area contributed by atoms with E-state index in [4.69, 9.17) is 0 Å². The molecule has 5 aromatic rings. The molecule has 0 amide bonds. The van der Waals surface area contributed by atoms with Crippen LogP contribution in [0.5, 0.6) is 0 Å². The van der Waals surface area contributed by atoms with Gasteiger partial charge in [0.2, 0.25) is 0 Å². The molecule has 1 aliphatic heterocycles. The van der Waals surface area contributed by atoms with E-state index in [1.807, 2.05) is 0 Å². The van der Waals surface area contributed by atoms with Gasteiger partial charge in [-0.25, -0.2) is 0 Å². The summed E-state index contributed by atoms with van der Waals surface area (Å²) in [5, 5.41) is 2.55. The molecule has 3 heteroatoms. The number of H-pyrrole nitrogens is 1. The van der Waals surface area contributed by atoms with Crippen molar-refractivity contribution in [1.82, 2.24) is 4.98 Å². The monoisotopic (exact) mass is 693 g/mol. The molecular formula is C50H54BN2. The fourth-order valence-corrected chi connectivity index (χ4v) is 8.03. The number of aryl methyl sites for hydroxylation is 1. The Balaban J connectivity index is 1.29. The Bertz CT molecular complexity index is 2400. The van der Waals surface area contributed by atoms with E-state index in [1.54, 1.807) is 0 Å². The molecule has 0 fully saturated rings. The Morgan fingerprint density at radius 3 is 2.38 bits per heavy atom.